The number of hydrogen-bond donors (Lipinski definition) is 1. The summed E-state index contributed by atoms with van der Waals surface area (Å²) in [6, 6.07) is 5.09. The van der Waals surface area contributed by atoms with Crippen LogP contribution in [0, 0.1) is 0 Å². The van der Waals surface area contributed by atoms with Gasteiger partial charge in [0, 0.05) is 37.8 Å². The molecule has 0 atom stereocenters. The molecule has 0 bridgehead atoms. The number of aromatic nitrogens is 2. The van der Waals surface area contributed by atoms with Gasteiger partial charge in [0.2, 0.25) is 0 Å². The highest BCUT2D eigenvalue weighted by atomic mass is 16.5. The Bertz CT molecular complexity index is 600. The molecular weight excluding hydrogens is 270 g/mol. The molecule has 0 fully saturated rings. The summed E-state index contributed by atoms with van der Waals surface area (Å²) in [6.45, 7) is 0.523. The van der Waals surface area contributed by atoms with Crippen LogP contribution in [-0.4, -0.2) is 36.2 Å². The van der Waals surface area contributed by atoms with Crippen LogP contribution in [0.15, 0.2) is 30.7 Å². The third-order valence-corrected chi connectivity index (χ3v) is 3.04. The first-order valence-electron chi connectivity index (χ1n) is 6.60. The number of amides is 1. The van der Waals surface area contributed by atoms with Crippen LogP contribution in [0.1, 0.15) is 16.1 Å². The Kier molecular flexibility index (Phi) is 4.81. The van der Waals surface area contributed by atoms with Crippen molar-refractivity contribution in [1.82, 2.24) is 14.9 Å². The Morgan fingerprint density at radius 2 is 1.90 bits per heavy atom. The summed E-state index contributed by atoms with van der Waals surface area (Å²) < 4.78 is 12.2. The first kappa shape index (κ1) is 14.9. The minimum atomic E-state index is -0.164. The molecule has 6 heteroatoms. The quantitative estimate of drug-likeness (QED) is 0.873. The van der Waals surface area contributed by atoms with Crippen molar-refractivity contribution in [3.63, 3.8) is 0 Å². The normalized spacial score (nSPS) is 10.2. The van der Waals surface area contributed by atoms with Crippen molar-refractivity contribution in [2.75, 3.05) is 20.8 Å². The topological polar surface area (TPSA) is 65.4 Å². The highest BCUT2D eigenvalue weighted by Gasteiger charge is 2.09. The summed E-state index contributed by atoms with van der Waals surface area (Å²) in [6.07, 6.45) is 4.36. The first-order valence-corrected chi connectivity index (χ1v) is 6.60. The Morgan fingerprint density at radius 1 is 1.24 bits per heavy atom. The molecule has 6 nitrogen and oxygen atoms in total. The summed E-state index contributed by atoms with van der Waals surface area (Å²) in [5.41, 5.74) is 1.45. The van der Waals surface area contributed by atoms with Crippen molar-refractivity contribution in [3.8, 4) is 11.5 Å². The van der Waals surface area contributed by atoms with E-state index in [0.717, 1.165) is 5.69 Å². The van der Waals surface area contributed by atoms with Crippen LogP contribution in [0.25, 0.3) is 0 Å². The van der Waals surface area contributed by atoms with Gasteiger partial charge in [0.15, 0.2) is 0 Å². The lowest BCUT2D eigenvalue weighted by molar-refractivity contribution is 0.0953. The monoisotopic (exact) mass is 289 g/mol. The van der Waals surface area contributed by atoms with Gasteiger partial charge in [0.1, 0.15) is 11.5 Å². The van der Waals surface area contributed by atoms with E-state index in [4.69, 9.17) is 9.47 Å². The second-order valence-corrected chi connectivity index (χ2v) is 4.64. The van der Waals surface area contributed by atoms with Crippen LogP contribution in [-0.2, 0) is 13.5 Å². The molecule has 2 aromatic rings. The molecule has 0 unspecified atom stereocenters. The van der Waals surface area contributed by atoms with Gasteiger partial charge in [0.05, 0.1) is 26.2 Å². The predicted molar refractivity (Wildman–Crippen MR) is 78.8 cm³/mol. The third-order valence-electron chi connectivity index (χ3n) is 3.04. The maximum Gasteiger partial charge on any atom is 0.251 e. The highest BCUT2D eigenvalue weighted by molar-refractivity contribution is 5.95. The van der Waals surface area contributed by atoms with Gasteiger partial charge in [-0.05, 0) is 12.1 Å². The fraction of sp³-hybridized carbons (Fsp3) is 0.333. The molecule has 1 aromatic heterocycles. The van der Waals surface area contributed by atoms with E-state index in [9.17, 15) is 4.79 Å². The number of ether oxygens (including phenoxy) is 2. The Balaban J connectivity index is 1.96. The van der Waals surface area contributed by atoms with E-state index < -0.39 is 0 Å². The lowest BCUT2D eigenvalue weighted by Crippen LogP contribution is -2.25. The maximum absolute atomic E-state index is 12.1. The molecule has 21 heavy (non-hydrogen) atoms. The van der Waals surface area contributed by atoms with Crippen molar-refractivity contribution < 1.29 is 14.3 Å². The van der Waals surface area contributed by atoms with E-state index >= 15 is 0 Å². The van der Waals surface area contributed by atoms with Crippen LogP contribution in [0.2, 0.25) is 0 Å². The molecule has 0 aliphatic heterocycles. The van der Waals surface area contributed by atoms with Crippen LogP contribution < -0.4 is 14.8 Å². The fourth-order valence-corrected chi connectivity index (χ4v) is 1.94. The lowest BCUT2D eigenvalue weighted by Gasteiger charge is -2.09. The third kappa shape index (κ3) is 3.98. The van der Waals surface area contributed by atoms with Crippen LogP contribution in [0.5, 0.6) is 11.5 Å². The molecule has 1 N–H and O–H groups in total. The van der Waals surface area contributed by atoms with Crippen molar-refractivity contribution >= 4 is 5.91 Å². The molecule has 0 saturated heterocycles. The number of hydrogen-bond acceptors (Lipinski definition) is 4. The molecule has 0 saturated carbocycles. The van der Waals surface area contributed by atoms with Gasteiger partial charge in [-0.25, -0.2) is 4.98 Å². The summed E-state index contributed by atoms with van der Waals surface area (Å²) in [5, 5.41) is 2.86. The summed E-state index contributed by atoms with van der Waals surface area (Å²) in [7, 11) is 5.02. The Hall–Kier alpha value is -2.50. The van der Waals surface area contributed by atoms with Gasteiger partial charge in [-0.1, -0.05) is 0 Å². The Labute approximate surface area is 123 Å². The van der Waals surface area contributed by atoms with Crippen LogP contribution >= 0.6 is 0 Å². The van der Waals surface area contributed by atoms with E-state index in [0.29, 0.717) is 30.0 Å². The zero-order chi connectivity index (χ0) is 15.2. The van der Waals surface area contributed by atoms with Crippen molar-refractivity contribution in [2.45, 2.75) is 6.42 Å². The standard InChI is InChI=1S/C15H19N3O3/c1-18-9-12(17-10-18)4-5-16-15(19)11-6-13(20-2)8-14(7-11)21-3/h6-10H,4-5H2,1-3H3,(H,16,19). The number of nitrogens with zero attached hydrogens (tertiary/aromatic N) is 2. The SMILES string of the molecule is COc1cc(OC)cc(C(=O)NCCc2cn(C)cn2)c1. The highest BCUT2D eigenvalue weighted by Crippen LogP contribution is 2.22. The number of nitrogens with one attached hydrogen (secondary N) is 1. The van der Waals surface area contributed by atoms with E-state index in [1.54, 1.807) is 38.7 Å². The van der Waals surface area contributed by atoms with E-state index in [1.165, 1.54) is 0 Å². The molecule has 2 rings (SSSR count). The van der Waals surface area contributed by atoms with Gasteiger partial charge in [-0.3, -0.25) is 4.79 Å². The minimum absolute atomic E-state index is 0.164. The smallest absolute Gasteiger partial charge is 0.251 e. The van der Waals surface area contributed by atoms with Gasteiger partial charge in [-0.15, -0.1) is 0 Å². The zero-order valence-corrected chi connectivity index (χ0v) is 12.4. The molecule has 1 amide bonds. The van der Waals surface area contributed by atoms with Crippen molar-refractivity contribution in [3.05, 3.63) is 42.0 Å². The lowest BCUT2D eigenvalue weighted by atomic mass is 10.2. The first-order chi connectivity index (χ1) is 10.1. The van der Waals surface area contributed by atoms with Crippen LogP contribution in [0.3, 0.4) is 0 Å². The average molecular weight is 289 g/mol. The second-order valence-electron chi connectivity index (χ2n) is 4.64. The van der Waals surface area contributed by atoms with E-state index in [2.05, 4.69) is 10.3 Å². The van der Waals surface area contributed by atoms with Gasteiger partial charge in [0.25, 0.3) is 5.91 Å². The summed E-state index contributed by atoms with van der Waals surface area (Å²) in [4.78, 5) is 16.3. The molecule has 0 radical (unpaired) electrons. The number of methoxy groups -OCH3 is 2. The number of imidazole rings is 1. The second kappa shape index (κ2) is 6.78. The maximum atomic E-state index is 12.1. The predicted octanol–water partition coefficient (Wildman–Crippen LogP) is 1.41. The van der Waals surface area contributed by atoms with E-state index in [1.807, 2.05) is 17.8 Å². The number of rotatable bonds is 6. The molecule has 1 aromatic carbocycles. The summed E-state index contributed by atoms with van der Waals surface area (Å²) in [5.74, 6) is 1.01. The van der Waals surface area contributed by atoms with Gasteiger partial charge < -0.3 is 19.4 Å². The van der Waals surface area contributed by atoms with E-state index in [-0.39, 0.29) is 5.91 Å². The Morgan fingerprint density at radius 3 is 2.43 bits per heavy atom. The largest absolute Gasteiger partial charge is 0.497 e. The number of carbonyl (C=O) groups excluding carboxylic acids is 1. The van der Waals surface area contributed by atoms with Crippen LogP contribution in [0.4, 0.5) is 0 Å². The number of benzene rings is 1. The molecule has 0 aliphatic carbocycles. The molecule has 0 aliphatic rings. The fourth-order valence-electron chi connectivity index (χ4n) is 1.94. The molecule has 0 spiro atoms. The molecule has 1 heterocycles. The van der Waals surface area contributed by atoms with Gasteiger partial charge in [-0.2, -0.15) is 0 Å². The number of carbonyl (C=O) groups is 1. The van der Waals surface area contributed by atoms with Crippen molar-refractivity contribution in [2.24, 2.45) is 7.05 Å². The number of aryl methyl sites for hydroxylation is 1. The molecular formula is C15H19N3O3. The molecule has 112 valence electrons. The minimum Gasteiger partial charge on any atom is -0.497 e. The van der Waals surface area contributed by atoms with Gasteiger partial charge >= 0.3 is 0 Å². The summed E-state index contributed by atoms with van der Waals surface area (Å²) >= 11 is 0. The van der Waals surface area contributed by atoms with Crippen molar-refractivity contribution in [1.29, 1.82) is 0 Å². The zero-order valence-electron chi connectivity index (χ0n) is 12.4. The average Bonchev–Trinajstić information content (AvgIpc) is 2.92.